The summed E-state index contributed by atoms with van der Waals surface area (Å²) in [6, 6.07) is 8.11. The number of aliphatic imine (C=N–C) groups is 1. The first kappa shape index (κ1) is 20.8. The summed E-state index contributed by atoms with van der Waals surface area (Å²) in [6.45, 7) is 9.60. The van der Waals surface area contributed by atoms with Crippen molar-refractivity contribution in [3.8, 4) is 5.75 Å². The summed E-state index contributed by atoms with van der Waals surface area (Å²) in [5, 5.41) is 9.14. The number of ether oxygens (including phenoxy) is 1. The van der Waals surface area contributed by atoms with Crippen LogP contribution in [0.2, 0.25) is 0 Å². The summed E-state index contributed by atoms with van der Waals surface area (Å²) in [4.78, 5) is 16.0. The Kier molecular flexibility index (Phi) is 8.81. The molecule has 0 aliphatic heterocycles. The van der Waals surface area contributed by atoms with Gasteiger partial charge in [0, 0.05) is 19.1 Å². The van der Waals surface area contributed by atoms with Crippen molar-refractivity contribution in [3.63, 3.8) is 0 Å². The summed E-state index contributed by atoms with van der Waals surface area (Å²) in [6.07, 6.45) is 1.84. The number of amides is 1. The maximum Gasteiger partial charge on any atom is 0.239 e. The van der Waals surface area contributed by atoms with Gasteiger partial charge in [0.15, 0.2) is 5.96 Å². The van der Waals surface area contributed by atoms with E-state index in [0.717, 1.165) is 31.7 Å². The van der Waals surface area contributed by atoms with Crippen LogP contribution in [0.3, 0.4) is 0 Å². The molecule has 0 radical (unpaired) electrons. The van der Waals surface area contributed by atoms with Crippen LogP contribution in [0.15, 0.2) is 29.3 Å². The lowest BCUT2D eigenvalue weighted by Crippen LogP contribution is -2.48. The van der Waals surface area contributed by atoms with Gasteiger partial charge >= 0.3 is 0 Å². The highest BCUT2D eigenvalue weighted by atomic mass is 16.5. The van der Waals surface area contributed by atoms with Crippen LogP contribution in [0.4, 0.5) is 0 Å². The molecular formula is C19H32N4O2. The van der Waals surface area contributed by atoms with Crippen molar-refractivity contribution in [2.45, 2.75) is 46.1 Å². The zero-order valence-corrected chi connectivity index (χ0v) is 16.1. The zero-order valence-electron chi connectivity index (χ0n) is 16.1. The average Bonchev–Trinajstić information content (AvgIpc) is 2.55. The lowest BCUT2D eigenvalue weighted by atomic mass is 10.1. The molecule has 0 unspecified atom stereocenters. The van der Waals surface area contributed by atoms with Crippen LogP contribution >= 0.6 is 0 Å². The first-order valence-corrected chi connectivity index (χ1v) is 8.81. The van der Waals surface area contributed by atoms with Crippen LogP contribution < -0.4 is 20.7 Å². The zero-order chi connectivity index (χ0) is 18.7. The van der Waals surface area contributed by atoms with Crippen LogP contribution in [0.1, 0.15) is 39.7 Å². The van der Waals surface area contributed by atoms with E-state index in [9.17, 15) is 4.79 Å². The van der Waals surface area contributed by atoms with Gasteiger partial charge in [-0.05, 0) is 51.3 Å². The smallest absolute Gasteiger partial charge is 0.239 e. The fourth-order valence-corrected chi connectivity index (χ4v) is 2.18. The predicted octanol–water partition coefficient (Wildman–Crippen LogP) is 2.10. The summed E-state index contributed by atoms with van der Waals surface area (Å²) in [5.41, 5.74) is 0.961. The second kappa shape index (κ2) is 10.6. The van der Waals surface area contributed by atoms with E-state index in [-0.39, 0.29) is 18.0 Å². The molecule has 0 aromatic heterocycles. The number of rotatable bonds is 8. The van der Waals surface area contributed by atoms with Gasteiger partial charge in [-0.1, -0.05) is 19.1 Å². The molecule has 1 aromatic carbocycles. The molecule has 1 aromatic rings. The SMILES string of the molecule is CCCOc1cccc(CCNC(=NC)NCC(=O)NC(C)(C)C)c1. The van der Waals surface area contributed by atoms with E-state index in [0.29, 0.717) is 5.96 Å². The first-order chi connectivity index (χ1) is 11.8. The van der Waals surface area contributed by atoms with E-state index in [1.165, 1.54) is 5.56 Å². The number of guanidine groups is 1. The lowest BCUT2D eigenvalue weighted by Gasteiger charge is -2.21. The summed E-state index contributed by atoms with van der Waals surface area (Å²) < 4.78 is 5.65. The molecular weight excluding hydrogens is 316 g/mol. The molecule has 0 heterocycles. The monoisotopic (exact) mass is 348 g/mol. The topological polar surface area (TPSA) is 74.8 Å². The van der Waals surface area contributed by atoms with Crippen LogP contribution in [0.5, 0.6) is 5.75 Å². The minimum Gasteiger partial charge on any atom is -0.494 e. The van der Waals surface area contributed by atoms with Gasteiger partial charge in [-0.3, -0.25) is 9.79 Å². The third kappa shape index (κ3) is 9.59. The van der Waals surface area contributed by atoms with Crippen LogP contribution in [-0.2, 0) is 11.2 Å². The molecule has 0 bridgehead atoms. The normalized spacial score (nSPS) is 11.8. The Hall–Kier alpha value is -2.24. The van der Waals surface area contributed by atoms with Crippen molar-refractivity contribution >= 4 is 11.9 Å². The summed E-state index contributed by atoms with van der Waals surface area (Å²) >= 11 is 0. The Morgan fingerprint density at radius 2 is 2.00 bits per heavy atom. The van der Waals surface area contributed by atoms with Gasteiger partial charge in [-0.15, -0.1) is 0 Å². The maximum atomic E-state index is 11.8. The molecule has 0 fully saturated rings. The van der Waals surface area contributed by atoms with E-state index < -0.39 is 0 Å². The molecule has 6 heteroatoms. The Balaban J connectivity index is 2.37. The minimum absolute atomic E-state index is 0.0591. The van der Waals surface area contributed by atoms with Crippen molar-refractivity contribution in [1.82, 2.24) is 16.0 Å². The quantitative estimate of drug-likeness (QED) is 0.497. The Bertz CT molecular complexity index is 565. The highest BCUT2D eigenvalue weighted by Gasteiger charge is 2.13. The molecule has 6 nitrogen and oxygen atoms in total. The number of carbonyl (C=O) groups excluding carboxylic acids is 1. The number of hydrogen-bond acceptors (Lipinski definition) is 3. The summed E-state index contributed by atoms with van der Waals surface area (Å²) in [5.74, 6) is 1.46. The average molecular weight is 348 g/mol. The molecule has 25 heavy (non-hydrogen) atoms. The van der Waals surface area contributed by atoms with Crippen molar-refractivity contribution in [3.05, 3.63) is 29.8 Å². The van der Waals surface area contributed by atoms with Gasteiger partial charge in [0.1, 0.15) is 5.75 Å². The van der Waals surface area contributed by atoms with E-state index in [4.69, 9.17) is 4.74 Å². The molecule has 3 N–H and O–H groups in total. The molecule has 140 valence electrons. The second-order valence-electron chi connectivity index (χ2n) is 6.90. The van der Waals surface area contributed by atoms with Gasteiger partial charge in [0.25, 0.3) is 0 Å². The fourth-order valence-electron chi connectivity index (χ4n) is 2.18. The van der Waals surface area contributed by atoms with Gasteiger partial charge < -0.3 is 20.7 Å². The molecule has 0 aliphatic rings. The van der Waals surface area contributed by atoms with Crippen molar-refractivity contribution in [1.29, 1.82) is 0 Å². The summed E-state index contributed by atoms with van der Waals surface area (Å²) in [7, 11) is 1.69. The van der Waals surface area contributed by atoms with Gasteiger partial charge in [-0.25, -0.2) is 0 Å². The highest BCUT2D eigenvalue weighted by Crippen LogP contribution is 2.13. The third-order valence-electron chi connectivity index (χ3n) is 3.23. The number of nitrogens with zero attached hydrogens (tertiary/aromatic N) is 1. The van der Waals surface area contributed by atoms with Gasteiger partial charge in [0.2, 0.25) is 5.91 Å². The van der Waals surface area contributed by atoms with Gasteiger partial charge in [0.05, 0.1) is 13.2 Å². The van der Waals surface area contributed by atoms with E-state index in [1.54, 1.807) is 7.05 Å². The van der Waals surface area contributed by atoms with Crippen molar-refractivity contribution in [2.75, 3.05) is 26.7 Å². The molecule has 0 saturated carbocycles. The standard InChI is InChI=1S/C19H32N4O2/c1-6-12-25-16-9-7-8-15(13-16)10-11-21-18(20-5)22-14-17(24)23-19(2,3)4/h7-9,13H,6,10-12,14H2,1-5H3,(H,23,24)(H2,20,21,22). The molecule has 1 amide bonds. The fraction of sp³-hybridized carbons (Fsp3) is 0.579. The van der Waals surface area contributed by atoms with E-state index in [1.807, 2.05) is 32.9 Å². The van der Waals surface area contributed by atoms with Crippen LogP contribution in [0, 0.1) is 0 Å². The Labute approximate surface area is 151 Å². The van der Waals surface area contributed by atoms with Crippen molar-refractivity contribution < 1.29 is 9.53 Å². The number of benzene rings is 1. The second-order valence-corrected chi connectivity index (χ2v) is 6.90. The minimum atomic E-state index is -0.236. The van der Waals surface area contributed by atoms with Gasteiger partial charge in [-0.2, -0.15) is 0 Å². The Morgan fingerprint density at radius 1 is 1.24 bits per heavy atom. The van der Waals surface area contributed by atoms with Crippen LogP contribution in [-0.4, -0.2) is 44.1 Å². The van der Waals surface area contributed by atoms with Crippen molar-refractivity contribution in [2.24, 2.45) is 4.99 Å². The number of nitrogens with one attached hydrogen (secondary N) is 3. The van der Waals surface area contributed by atoms with E-state index in [2.05, 4.69) is 40.0 Å². The largest absolute Gasteiger partial charge is 0.494 e. The molecule has 0 saturated heterocycles. The molecule has 0 spiro atoms. The predicted molar refractivity (Wildman–Crippen MR) is 103 cm³/mol. The lowest BCUT2D eigenvalue weighted by molar-refractivity contribution is -0.121. The molecule has 0 aliphatic carbocycles. The van der Waals surface area contributed by atoms with E-state index >= 15 is 0 Å². The first-order valence-electron chi connectivity index (χ1n) is 8.81. The third-order valence-corrected chi connectivity index (χ3v) is 3.23. The highest BCUT2D eigenvalue weighted by molar-refractivity contribution is 5.86. The number of carbonyl (C=O) groups is 1. The Morgan fingerprint density at radius 3 is 2.64 bits per heavy atom. The molecule has 1 rings (SSSR count). The number of hydrogen-bond donors (Lipinski definition) is 3. The molecule has 0 atom stereocenters. The maximum absolute atomic E-state index is 11.8. The van der Waals surface area contributed by atoms with Crippen LogP contribution in [0.25, 0.3) is 0 Å².